The van der Waals surface area contributed by atoms with E-state index in [2.05, 4.69) is 46.5 Å². The highest BCUT2D eigenvalue weighted by Crippen LogP contribution is 2.42. The fourth-order valence-electron chi connectivity index (χ4n) is 6.08. The van der Waals surface area contributed by atoms with Crippen molar-refractivity contribution in [3.05, 3.63) is 55.3 Å². The lowest BCUT2D eigenvalue weighted by molar-refractivity contribution is -0.150. The van der Waals surface area contributed by atoms with Crippen LogP contribution in [0.3, 0.4) is 0 Å². The van der Waals surface area contributed by atoms with Gasteiger partial charge in [0.15, 0.2) is 26.0 Å². The molecule has 0 aliphatic carbocycles. The highest BCUT2D eigenvalue weighted by Gasteiger charge is 2.54. The number of carboxylic acids is 3. The molecule has 0 unspecified atom stereocenters. The zero-order valence-corrected chi connectivity index (χ0v) is 38.1. The Morgan fingerprint density at radius 2 is 1.64 bits per heavy atom. The first-order valence-corrected chi connectivity index (χ1v) is 23.7. The number of fused-ring (bicyclic) bond motifs is 1. The molecule has 10 N–H and O–H groups in total. The van der Waals surface area contributed by atoms with E-state index < -0.39 is 76.7 Å². The van der Waals surface area contributed by atoms with Crippen LogP contribution >= 0.6 is 69.3 Å². The Labute approximate surface area is 385 Å². The van der Waals surface area contributed by atoms with Crippen LogP contribution in [0.2, 0.25) is 0 Å². The number of carbonyl (C=O) groups is 7. The molecule has 0 radical (unpaired) electrons. The topological polar surface area (TPSA) is 360 Å². The van der Waals surface area contributed by atoms with E-state index >= 15 is 0 Å². The number of nitrogen functional groups attached to an aromatic ring is 1. The Hall–Kier alpha value is -5.79. The molecule has 3 aromatic rings. The number of β-lactam (4-membered cyclic amide) rings is 1. The molecular formula is C34H35N11O13S6. The summed E-state index contributed by atoms with van der Waals surface area (Å²) in [6, 6.07) is -2.72. The second kappa shape index (κ2) is 20.8. The van der Waals surface area contributed by atoms with Gasteiger partial charge < -0.3 is 57.1 Å². The van der Waals surface area contributed by atoms with Crippen molar-refractivity contribution in [3.63, 3.8) is 0 Å². The average molecular weight is 998 g/mol. The summed E-state index contributed by atoms with van der Waals surface area (Å²) >= 11 is 6.50. The largest absolute Gasteiger partial charge is 0.481 e. The summed E-state index contributed by atoms with van der Waals surface area (Å²) in [6.07, 6.45) is -0.195. The van der Waals surface area contributed by atoms with Gasteiger partial charge in [-0.2, -0.15) is 0 Å². The van der Waals surface area contributed by atoms with Crippen LogP contribution in [0.1, 0.15) is 22.0 Å². The van der Waals surface area contributed by atoms with Crippen molar-refractivity contribution in [2.75, 3.05) is 49.1 Å². The molecule has 64 heavy (non-hydrogen) atoms. The zero-order chi connectivity index (χ0) is 46.4. The standard InChI is InChI=1S/C34H35N11O13S6/c1-11-16(4-17(47)48)64-34(36-11)63-8-13-7-60-29-22(28(52)45(29)23(13)31(55)56)40-25(50)20(44-58-3)15-10-62-33(38-15)42-26(51)21(27-41-18(30(53)54)12(5-46)6-59-27)39-24(49)19(43-57-2)14-9-61-32(35)37-14/h9-10,21-22,27,29,41,46H,4-8H2,1-3H3,(H2,35,37)(H,39,49)(H,40,50)(H,47,48)(H,53,54)(H,55,56)(H,38,42,51)/b43-19-,44-20-/t21-,22-,27-,29-/m1/s1. The van der Waals surface area contributed by atoms with Gasteiger partial charge in [0.25, 0.3) is 23.6 Å². The number of hydrogen-bond acceptors (Lipinski definition) is 23. The van der Waals surface area contributed by atoms with E-state index in [9.17, 15) is 48.9 Å². The van der Waals surface area contributed by atoms with Gasteiger partial charge in [-0.1, -0.05) is 22.1 Å². The van der Waals surface area contributed by atoms with Gasteiger partial charge in [-0.25, -0.2) is 24.5 Å². The van der Waals surface area contributed by atoms with Crippen LogP contribution in [-0.2, 0) is 49.7 Å². The average Bonchev–Trinajstić information content (AvgIpc) is 4.00. The van der Waals surface area contributed by atoms with Crippen molar-refractivity contribution in [2.45, 2.75) is 40.5 Å². The minimum absolute atomic E-state index is 0.0233. The SMILES string of the molecule is CO/N=C(\C(=O)N[C@H](C(=O)Nc1nc(/C(=N/OC)C(=O)N[C@@H]2C(=O)N3C(C(=O)O)=C(CSc4nc(C)c(CC(=O)O)s4)CS[C@H]23)cs1)[C@@H]1NC(C(=O)O)=C(CO)CS1)c1csc(N)n1. The molecule has 0 aromatic carbocycles. The van der Waals surface area contributed by atoms with Gasteiger partial charge in [-0.05, 0) is 18.1 Å². The molecule has 1 saturated heterocycles. The number of aliphatic hydroxyl groups excluding tert-OH is 1. The maximum atomic E-state index is 14.0. The monoisotopic (exact) mass is 997 g/mol. The van der Waals surface area contributed by atoms with Crippen LogP contribution < -0.4 is 27.0 Å². The van der Waals surface area contributed by atoms with Crippen molar-refractivity contribution >= 4 is 133 Å². The fourth-order valence-corrected chi connectivity index (χ4v) is 12.2. The summed E-state index contributed by atoms with van der Waals surface area (Å²) < 4.78 is 0.546. The number of aromatic nitrogens is 3. The Bertz CT molecular complexity index is 2520. The number of hydrogen-bond donors (Lipinski definition) is 9. The van der Waals surface area contributed by atoms with Crippen LogP contribution in [0.5, 0.6) is 0 Å². The Balaban J connectivity index is 1.16. The predicted molar refractivity (Wildman–Crippen MR) is 236 cm³/mol. The quantitative estimate of drug-likeness (QED) is 0.0328. The first-order chi connectivity index (χ1) is 30.5. The maximum Gasteiger partial charge on any atom is 0.352 e. The third kappa shape index (κ3) is 10.6. The normalized spacial score (nSPS) is 19.2. The number of aliphatic hydroxyl groups is 1. The smallest absolute Gasteiger partial charge is 0.352 e. The lowest BCUT2D eigenvalue weighted by Crippen LogP contribution is -2.71. The summed E-state index contributed by atoms with van der Waals surface area (Å²) in [5.74, 6) is -6.91. The van der Waals surface area contributed by atoms with Crippen LogP contribution in [0.15, 0.2) is 48.0 Å². The molecule has 0 spiro atoms. The molecule has 1 fully saturated rings. The second-order valence-corrected chi connectivity index (χ2v) is 19.4. The van der Waals surface area contributed by atoms with E-state index in [1.54, 1.807) is 6.92 Å². The number of thiazole rings is 3. The number of aliphatic carboxylic acids is 3. The van der Waals surface area contributed by atoms with Crippen molar-refractivity contribution in [1.82, 2.24) is 35.8 Å². The first-order valence-electron chi connectivity index (χ1n) is 18.0. The van der Waals surface area contributed by atoms with E-state index in [0.717, 1.165) is 46.4 Å². The summed E-state index contributed by atoms with van der Waals surface area (Å²) in [5, 5.41) is 57.6. The second-order valence-electron chi connectivity index (χ2n) is 13.1. The molecule has 0 bridgehead atoms. The summed E-state index contributed by atoms with van der Waals surface area (Å²) in [5.41, 5.74) is 5.42. The van der Waals surface area contributed by atoms with Gasteiger partial charge in [0, 0.05) is 32.9 Å². The number of rotatable bonds is 19. The van der Waals surface area contributed by atoms with Crippen molar-refractivity contribution in [2.24, 2.45) is 10.3 Å². The van der Waals surface area contributed by atoms with Gasteiger partial charge in [-0.3, -0.25) is 28.9 Å². The van der Waals surface area contributed by atoms with Gasteiger partial charge in [-0.15, -0.1) is 57.5 Å². The summed E-state index contributed by atoms with van der Waals surface area (Å²) in [6.45, 7) is 1.10. The molecule has 30 heteroatoms. The number of nitrogens with zero attached hydrogens (tertiary/aromatic N) is 6. The molecule has 340 valence electrons. The number of thioether (sulfide) groups is 3. The molecule has 6 heterocycles. The van der Waals surface area contributed by atoms with E-state index in [1.807, 2.05) is 0 Å². The molecule has 4 amide bonds. The number of nitrogens with one attached hydrogen (secondary N) is 4. The first kappa shape index (κ1) is 47.7. The van der Waals surface area contributed by atoms with E-state index in [1.165, 1.54) is 52.7 Å². The van der Waals surface area contributed by atoms with Crippen LogP contribution in [-0.4, -0.2) is 154 Å². The molecule has 3 aromatic heterocycles. The number of carboxylic acid groups (broad SMARTS) is 3. The summed E-state index contributed by atoms with van der Waals surface area (Å²) in [4.78, 5) is 115. The van der Waals surface area contributed by atoms with Crippen molar-refractivity contribution in [1.29, 1.82) is 0 Å². The summed E-state index contributed by atoms with van der Waals surface area (Å²) in [7, 11) is 2.34. The number of nitrogens with two attached hydrogens (primary N) is 1. The van der Waals surface area contributed by atoms with Crippen molar-refractivity contribution < 1.29 is 63.7 Å². The lowest BCUT2D eigenvalue weighted by Gasteiger charge is -2.49. The predicted octanol–water partition coefficient (Wildman–Crippen LogP) is -0.0773. The molecule has 24 nitrogen and oxygen atoms in total. The van der Waals surface area contributed by atoms with Gasteiger partial charge >= 0.3 is 17.9 Å². The van der Waals surface area contributed by atoms with Gasteiger partial charge in [0.1, 0.15) is 59.8 Å². The third-order valence-electron chi connectivity index (χ3n) is 8.98. The molecule has 6 rings (SSSR count). The van der Waals surface area contributed by atoms with Crippen LogP contribution in [0.4, 0.5) is 10.3 Å². The fraction of sp³-hybridized carbons (Fsp3) is 0.353. The zero-order valence-electron chi connectivity index (χ0n) is 33.2. The highest BCUT2D eigenvalue weighted by atomic mass is 32.2. The molecule has 0 saturated carbocycles. The number of anilines is 2. The van der Waals surface area contributed by atoms with Gasteiger partial charge in [0.2, 0.25) is 0 Å². The van der Waals surface area contributed by atoms with Crippen LogP contribution in [0.25, 0.3) is 0 Å². The third-order valence-corrected chi connectivity index (χ3v) is 15.4. The number of amides is 4. The van der Waals surface area contributed by atoms with E-state index in [-0.39, 0.29) is 68.0 Å². The molecule has 4 atom stereocenters. The number of carbonyl (C=O) groups excluding carboxylic acids is 4. The van der Waals surface area contributed by atoms with E-state index in [4.69, 9.17) is 20.5 Å². The Morgan fingerprint density at radius 3 is 2.27 bits per heavy atom. The van der Waals surface area contributed by atoms with Crippen LogP contribution in [0, 0.1) is 6.92 Å². The Kier molecular flexibility index (Phi) is 15.5. The number of oxime groups is 2. The number of aryl methyl sites for hydroxylation is 1. The van der Waals surface area contributed by atoms with Gasteiger partial charge in [0.05, 0.1) is 18.7 Å². The van der Waals surface area contributed by atoms with Crippen molar-refractivity contribution in [3.8, 4) is 0 Å². The minimum Gasteiger partial charge on any atom is -0.481 e. The minimum atomic E-state index is -1.55. The molecular weight excluding hydrogens is 963 g/mol. The molecule has 3 aliphatic heterocycles. The van der Waals surface area contributed by atoms with E-state index in [0.29, 0.717) is 20.5 Å². The maximum absolute atomic E-state index is 14.0. The highest BCUT2D eigenvalue weighted by molar-refractivity contribution is 8.02. The molecule has 3 aliphatic rings. The Morgan fingerprint density at radius 1 is 0.969 bits per heavy atom. The lowest BCUT2D eigenvalue weighted by atomic mass is 10.0.